The number of carbonyl (C=O) groups is 1. The minimum absolute atomic E-state index is 0.275. The summed E-state index contributed by atoms with van der Waals surface area (Å²) in [7, 11) is 0. The summed E-state index contributed by atoms with van der Waals surface area (Å²) < 4.78 is 1.73. The summed E-state index contributed by atoms with van der Waals surface area (Å²) in [6.45, 7) is 0. The van der Waals surface area contributed by atoms with Crippen LogP contribution in [-0.2, 0) is 0 Å². The van der Waals surface area contributed by atoms with Crippen molar-refractivity contribution in [2.75, 3.05) is 0 Å². The normalized spacial score (nSPS) is 10.5. The summed E-state index contributed by atoms with van der Waals surface area (Å²) in [6.07, 6.45) is 4.95. The zero-order chi connectivity index (χ0) is 14.8. The molecular weight excluding hydrogens is 268 g/mol. The van der Waals surface area contributed by atoms with E-state index in [0.717, 1.165) is 0 Å². The van der Waals surface area contributed by atoms with Gasteiger partial charge < -0.3 is 11.5 Å². The van der Waals surface area contributed by atoms with Crippen molar-refractivity contribution in [3.8, 4) is 5.82 Å². The standard InChI is InChI=1S/C14H12N6O/c15-14(16)19-13(21)10-8-20(11-5-1-2-6-17-11)12-9(10)4-3-7-18-12/h1-8H,(H4,15,16,19,21). The number of hydrogen-bond donors (Lipinski definition) is 2. The Bertz CT molecular complexity index is 833. The fraction of sp³-hybridized carbons (Fsp3) is 0. The molecule has 0 saturated carbocycles. The van der Waals surface area contributed by atoms with Gasteiger partial charge in [-0.1, -0.05) is 6.07 Å². The van der Waals surface area contributed by atoms with Crippen LogP contribution in [0.1, 0.15) is 10.4 Å². The number of aromatic nitrogens is 3. The summed E-state index contributed by atoms with van der Waals surface area (Å²) in [5.41, 5.74) is 11.5. The van der Waals surface area contributed by atoms with Crippen molar-refractivity contribution in [2.24, 2.45) is 16.5 Å². The third kappa shape index (κ3) is 2.32. The Kier molecular flexibility index (Phi) is 3.07. The third-order valence-electron chi connectivity index (χ3n) is 2.92. The highest BCUT2D eigenvalue weighted by Crippen LogP contribution is 2.22. The zero-order valence-corrected chi connectivity index (χ0v) is 11.0. The Hall–Kier alpha value is -3.22. The molecule has 0 aliphatic rings. The lowest BCUT2D eigenvalue weighted by atomic mass is 10.2. The molecule has 1 amide bonds. The highest BCUT2D eigenvalue weighted by molar-refractivity contribution is 6.10. The largest absolute Gasteiger partial charge is 0.370 e. The smallest absolute Gasteiger partial charge is 0.282 e. The first kappa shape index (κ1) is 12.8. The lowest BCUT2D eigenvalue weighted by Gasteiger charge is -2.01. The zero-order valence-electron chi connectivity index (χ0n) is 11.0. The SMILES string of the molecule is NC(N)=NC(=O)c1cn(-c2ccccn2)c2ncccc12. The van der Waals surface area contributed by atoms with Gasteiger partial charge in [-0.2, -0.15) is 4.99 Å². The van der Waals surface area contributed by atoms with E-state index in [0.29, 0.717) is 22.4 Å². The van der Waals surface area contributed by atoms with Gasteiger partial charge in [0, 0.05) is 24.0 Å². The molecule has 3 rings (SSSR count). The summed E-state index contributed by atoms with van der Waals surface area (Å²) in [6, 6.07) is 9.03. The molecule has 0 radical (unpaired) electrons. The average molecular weight is 280 g/mol. The maximum atomic E-state index is 12.1. The summed E-state index contributed by atoms with van der Waals surface area (Å²) in [4.78, 5) is 24.2. The maximum absolute atomic E-state index is 12.1. The molecular formula is C14H12N6O. The number of nitrogens with two attached hydrogens (primary N) is 2. The van der Waals surface area contributed by atoms with E-state index in [9.17, 15) is 4.79 Å². The molecule has 0 atom stereocenters. The molecule has 0 bridgehead atoms. The number of fused-ring (bicyclic) bond motifs is 1. The Morgan fingerprint density at radius 1 is 1.10 bits per heavy atom. The summed E-state index contributed by atoms with van der Waals surface area (Å²) >= 11 is 0. The van der Waals surface area contributed by atoms with Crippen LogP contribution in [0.3, 0.4) is 0 Å². The topological polar surface area (TPSA) is 112 Å². The molecule has 0 spiro atoms. The first-order chi connectivity index (χ1) is 10.2. The van der Waals surface area contributed by atoms with Crippen molar-refractivity contribution >= 4 is 22.9 Å². The molecule has 0 fully saturated rings. The van der Waals surface area contributed by atoms with Crippen LogP contribution in [0.4, 0.5) is 0 Å². The molecule has 3 aromatic heterocycles. The maximum Gasteiger partial charge on any atom is 0.282 e. The highest BCUT2D eigenvalue weighted by Gasteiger charge is 2.16. The second-order valence-electron chi connectivity index (χ2n) is 4.32. The molecule has 3 aromatic rings. The van der Waals surface area contributed by atoms with E-state index in [1.54, 1.807) is 35.3 Å². The van der Waals surface area contributed by atoms with Crippen LogP contribution < -0.4 is 11.5 Å². The molecule has 3 heterocycles. The molecule has 0 saturated heterocycles. The van der Waals surface area contributed by atoms with Crippen LogP contribution >= 0.6 is 0 Å². The van der Waals surface area contributed by atoms with E-state index in [-0.39, 0.29) is 5.96 Å². The van der Waals surface area contributed by atoms with Crippen LogP contribution in [0, 0.1) is 0 Å². The molecule has 0 unspecified atom stereocenters. The van der Waals surface area contributed by atoms with Gasteiger partial charge >= 0.3 is 0 Å². The van der Waals surface area contributed by atoms with E-state index in [1.807, 2.05) is 18.2 Å². The Labute approximate surface area is 119 Å². The fourth-order valence-corrected chi connectivity index (χ4v) is 2.08. The van der Waals surface area contributed by atoms with E-state index in [4.69, 9.17) is 11.5 Å². The second-order valence-corrected chi connectivity index (χ2v) is 4.32. The third-order valence-corrected chi connectivity index (χ3v) is 2.92. The minimum Gasteiger partial charge on any atom is -0.370 e. The van der Waals surface area contributed by atoms with Gasteiger partial charge in [-0.25, -0.2) is 9.97 Å². The van der Waals surface area contributed by atoms with E-state index in [1.165, 1.54) is 0 Å². The van der Waals surface area contributed by atoms with Crippen molar-refractivity contribution < 1.29 is 4.79 Å². The highest BCUT2D eigenvalue weighted by atomic mass is 16.1. The number of nitrogens with zero attached hydrogens (tertiary/aromatic N) is 4. The summed E-state index contributed by atoms with van der Waals surface area (Å²) in [5, 5.41) is 0.665. The number of amides is 1. The lowest BCUT2D eigenvalue weighted by Crippen LogP contribution is -2.24. The van der Waals surface area contributed by atoms with E-state index in [2.05, 4.69) is 15.0 Å². The lowest BCUT2D eigenvalue weighted by molar-refractivity contribution is 0.100. The van der Waals surface area contributed by atoms with Crippen molar-refractivity contribution in [2.45, 2.75) is 0 Å². The quantitative estimate of drug-likeness (QED) is 0.533. The van der Waals surface area contributed by atoms with Gasteiger partial charge in [-0.05, 0) is 24.3 Å². The molecule has 0 aliphatic carbocycles. The number of pyridine rings is 2. The number of aliphatic imine (C=N–C) groups is 1. The molecule has 7 nitrogen and oxygen atoms in total. The van der Waals surface area contributed by atoms with Crippen molar-refractivity contribution in [1.82, 2.24) is 14.5 Å². The summed E-state index contributed by atoms with van der Waals surface area (Å²) in [5.74, 6) is -0.129. The molecule has 7 heteroatoms. The number of carbonyl (C=O) groups excluding carboxylic acids is 1. The second kappa shape index (κ2) is 5.04. The predicted molar refractivity (Wildman–Crippen MR) is 79.0 cm³/mol. The molecule has 4 N–H and O–H groups in total. The predicted octanol–water partition coefficient (Wildman–Crippen LogP) is 0.834. The van der Waals surface area contributed by atoms with Crippen LogP contribution in [-0.4, -0.2) is 26.4 Å². The molecule has 104 valence electrons. The minimum atomic E-state index is -0.511. The number of hydrogen-bond acceptors (Lipinski definition) is 3. The van der Waals surface area contributed by atoms with Gasteiger partial charge in [0.25, 0.3) is 5.91 Å². The Balaban J connectivity index is 2.24. The van der Waals surface area contributed by atoms with Gasteiger partial charge in [0.2, 0.25) is 0 Å². The Morgan fingerprint density at radius 2 is 1.90 bits per heavy atom. The van der Waals surface area contributed by atoms with Crippen LogP contribution in [0.2, 0.25) is 0 Å². The van der Waals surface area contributed by atoms with Gasteiger partial charge in [0.1, 0.15) is 11.5 Å². The van der Waals surface area contributed by atoms with Gasteiger partial charge in [-0.3, -0.25) is 9.36 Å². The van der Waals surface area contributed by atoms with Gasteiger partial charge in [0.15, 0.2) is 5.96 Å². The monoisotopic (exact) mass is 280 g/mol. The fourth-order valence-electron chi connectivity index (χ4n) is 2.08. The molecule has 0 aromatic carbocycles. The average Bonchev–Trinajstić information content (AvgIpc) is 2.87. The van der Waals surface area contributed by atoms with E-state index < -0.39 is 5.91 Å². The van der Waals surface area contributed by atoms with Crippen molar-refractivity contribution in [1.29, 1.82) is 0 Å². The van der Waals surface area contributed by atoms with Crippen LogP contribution in [0.15, 0.2) is 53.9 Å². The van der Waals surface area contributed by atoms with Crippen molar-refractivity contribution in [3.63, 3.8) is 0 Å². The van der Waals surface area contributed by atoms with Crippen LogP contribution in [0.25, 0.3) is 16.9 Å². The van der Waals surface area contributed by atoms with E-state index >= 15 is 0 Å². The Morgan fingerprint density at radius 3 is 2.62 bits per heavy atom. The number of rotatable bonds is 2. The van der Waals surface area contributed by atoms with Crippen LogP contribution in [0.5, 0.6) is 0 Å². The van der Waals surface area contributed by atoms with Gasteiger partial charge in [-0.15, -0.1) is 0 Å². The molecule has 0 aliphatic heterocycles. The first-order valence-electron chi connectivity index (χ1n) is 6.18. The number of guanidine groups is 1. The van der Waals surface area contributed by atoms with Crippen molar-refractivity contribution in [3.05, 3.63) is 54.5 Å². The van der Waals surface area contributed by atoms with Gasteiger partial charge in [0.05, 0.1) is 5.56 Å². The molecule has 21 heavy (non-hydrogen) atoms. The first-order valence-corrected chi connectivity index (χ1v) is 6.18.